The average Bonchev–Trinajstić information content (AvgIpc) is 3.55. The second kappa shape index (κ2) is 8.95. The molecule has 2 fully saturated rings. The fourth-order valence-electron chi connectivity index (χ4n) is 4.24. The normalized spacial score (nSPS) is 19.7. The van der Waals surface area contributed by atoms with Crippen LogP contribution < -0.4 is 10.6 Å². The van der Waals surface area contributed by atoms with Crippen LogP contribution in [0.15, 0.2) is 59.6 Å². The quantitative estimate of drug-likeness (QED) is 0.580. The van der Waals surface area contributed by atoms with Gasteiger partial charge in [0, 0.05) is 44.7 Å². The Hall–Kier alpha value is -2.40. The van der Waals surface area contributed by atoms with E-state index in [1.165, 1.54) is 11.1 Å². The van der Waals surface area contributed by atoms with Gasteiger partial charge in [-0.3, -0.25) is 9.89 Å². The van der Waals surface area contributed by atoms with E-state index in [1.807, 2.05) is 19.2 Å². The van der Waals surface area contributed by atoms with Crippen LogP contribution in [0.3, 0.4) is 0 Å². The zero-order chi connectivity index (χ0) is 20.1. The molecule has 0 atom stereocenters. The highest BCUT2D eigenvalue weighted by molar-refractivity contribution is 5.80. The standard InChI is InChI=1S/C24H31FN4/c1-26-23(27-18-24(13-14-24)20-7-9-21(25)10-8-20)28-22-11-15-29(16-12-22)17-19-5-3-2-4-6-19/h2-10,22H,11-18H2,1H3,(H2,26,27,28). The molecule has 0 amide bonds. The highest BCUT2D eigenvalue weighted by atomic mass is 19.1. The van der Waals surface area contributed by atoms with E-state index in [-0.39, 0.29) is 11.2 Å². The number of halogens is 1. The number of piperidine rings is 1. The van der Waals surface area contributed by atoms with Gasteiger partial charge in [-0.25, -0.2) is 4.39 Å². The fourth-order valence-corrected chi connectivity index (χ4v) is 4.24. The van der Waals surface area contributed by atoms with Crippen LogP contribution in [0, 0.1) is 5.82 Å². The van der Waals surface area contributed by atoms with Crippen LogP contribution in [-0.4, -0.2) is 43.6 Å². The lowest BCUT2D eigenvalue weighted by molar-refractivity contribution is 0.198. The first-order valence-corrected chi connectivity index (χ1v) is 10.7. The molecular formula is C24H31FN4. The summed E-state index contributed by atoms with van der Waals surface area (Å²) in [6.45, 7) is 4.07. The molecule has 2 N–H and O–H groups in total. The summed E-state index contributed by atoms with van der Waals surface area (Å²) in [5, 5.41) is 7.12. The van der Waals surface area contributed by atoms with Gasteiger partial charge in [-0.05, 0) is 48.9 Å². The molecule has 1 saturated carbocycles. The average molecular weight is 395 g/mol. The molecule has 5 heteroatoms. The maximum Gasteiger partial charge on any atom is 0.191 e. The number of benzene rings is 2. The molecule has 0 spiro atoms. The number of guanidine groups is 1. The number of hydrogen-bond donors (Lipinski definition) is 2. The summed E-state index contributed by atoms with van der Waals surface area (Å²) in [4.78, 5) is 6.95. The van der Waals surface area contributed by atoms with Crippen molar-refractivity contribution in [1.82, 2.24) is 15.5 Å². The van der Waals surface area contributed by atoms with E-state index in [1.54, 1.807) is 12.1 Å². The molecule has 29 heavy (non-hydrogen) atoms. The maximum absolute atomic E-state index is 13.2. The Kier molecular flexibility index (Phi) is 6.14. The van der Waals surface area contributed by atoms with Gasteiger partial charge in [0.1, 0.15) is 5.82 Å². The van der Waals surface area contributed by atoms with Gasteiger partial charge in [0.05, 0.1) is 0 Å². The molecule has 4 rings (SSSR count). The number of nitrogens with one attached hydrogen (secondary N) is 2. The first kappa shape index (κ1) is 19.9. The van der Waals surface area contributed by atoms with Gasteiger partial charge in [0.2, 0.25) is 0 Å². The Bertz CT molecular complexity index is 807. The lowest BCUT2D eigenvalue weighted by Crippen LogP contribution is -2.49. The molecule has 0 unspecified atom stereocenters. The van der Waals surface area contributed by atoms with Crippen molar-refractivity contribution in [3.05, 3.63) is 71.5 Å². The van der Waals surface area contributed by atoms with Gasteiger partial charge in [-0.2, -0.15) is 0 Å². The second-order valence-electron chi connectivity index (χ2n) is 8.39. The Labute approximate surface area is 173 Å². The van der Waals surface area contributed by atoms with Gasteiger partial charge < -0.3 is 10.6 Å². The summed E-state index contributed by atoms with van der Waals surface area (Å²) in [6.07, 6.45) is 4.52. The summed E-state index contributed by atoms with van der Waals surface area (Å²) in [5.74, 6) is 0.702. The van der Waals surface area contributed by atoms with Crippen LogP contribution >= 0.6 is 0 Å². The molecule has 1 aliphatic heterocycles. The topological polar surface area (TPSA) is 39.7 Å². The molecule has 1 aliphatic carbocycles. The van der Waals surface area contributed by atoms with Crippen molar-refractivity contribution in [3.8, 4) is 0 Å². The first-order valence-electron chi connectivity index (χ1n) is 10.7. The molecule has 4 nitrogen and oxygen atoms in total. The highest BCUT2D eigenvalue weighted by Crippen LogP contribution is 2.47. The number of likely N-dealkylation sites (tertiary alicyclic amines) is 1. The maximum atomic E-state index is 13.2. The van der Waals surface area contributed by atoms with Crippen molar-refractivity contribution >= 4 is 5.96 Å². The number of rotatable bonds is 6. The highest BCUT2D eigenvalue weighted by Gasteiger charge is 2.44. The monoisotopic (exact) mass is 394 g/mol. The molecule has 2 aromatic carbocycles. The Balaban J connectivity index is 1.23. The third-order valence-corrected chi connectivity index (χ3v) is 6.31. The van der Waals surface area contributed by atoms with E-state index in [2.05, 4.69) is 50.9 Å². The van der Waals surface area contributed by atoms with Crippen LogP contribution in [0.25, 0.3) is 0 Å². The molecule has 0 radical (unpaired) electrons. The van der Waals surface area contributed by atoms with E-state index >= 15 is 0 Å². The van der Waals surface area contributed by atoms with E-state index in [4.69, 9.17) is 0 Å². The van der Waals surface area contributed by atoms with Crippen molar-refractivity contribution < 1.29 is 4.39 Å². The second-order valence-corrected chi connectivity index (χ2v) is 8.39. The summed E-state index contributed by atoms with van der Waals surface area (Å²) in [5.41, 5.74) is 2.73. The fraction of sp³-hybridized carbons (Fsp3) is 0.458. The summed E-state index contributed by atoms with van der Waals surface area (Å²) in [7, 11) is 1.83. The predicted molar refractivity (Wildman–Crippen MR) is 117 cm³/mol. The molecular weight excluding hydrogens is 363 g/mol. The van der Waals surface area contributed by atoms with Crippen molar-refractivity contribution in [3.63, 3.8) is 0 Å². The molecule has 0 aromatic heterocycles. The van der Waals surface area contributed by atoms with E-state index in [0.717, 1.165) is 57.8 Å². The van der Waals surface area contributed by atoms with E-state index < -0.39 is 0 Å². The van der Waals surface area contributed by atoms with Crippen LogP contribution in [-0.2, 0) is 12.0 Å². The number of hydrogen-bond acceptors (Lipinski definition) is 2. The van der Waals surface area contributed by atoms with E-state index in [9.17, 15) is 4.39 Å². The van der Waals surface area contributed by atoms with Crippen molar-refractivity contribution in [2.45, 2.75) is 43.7 Å². The van der Waals surface area contributed by atoms with Gasteiger partial charge in [0.15, 0.2) is 5.96 Å². The van der Waals surface area contributed by atoms with Crippen LogP contribution in [0.1, 0.15) is 36.8 Å². The minimum Gasteiger partial charge on any atom is -0.356 e. The SMILES string of the molecule is CN=C(NCC1(c2ccc(F)cc2)CC1)NC1CCN(Cc2ccccc2)CC1. The Morgan fingerprint density at radius 1 is 1.07 bits per heavy atom. The van der Waals surface area contributed by atoms with Crippen LogP contribution in [0.4, 0.5) is 4.39 Å². The summed E-state index contributed by atoms with van der Waals surface area (Å²) < 4.78 is 13.2. The molecule has 2 aliphatic rings. The minimum atomic E-state index is -0.173. The molecule has 1 heterocycles. The van der Waals surface area contributed by atoms with Crippen LogP contribution in [0.5, 0.6) is 0 Å². The molecule has 1 saturated heterocycles. The van der Waals surface area contributed by atoms with Crippen molar-refractivity contribution in [2.75, 3.05) is 26.7 Å². The first-order chi connectivity index (χ1) is 14.2. The largest absolute Gasteiger partial charge is 0.356 e. The predicted octanol–water partition coefficient (Wildman–Crippen LogP) is 3.69. The lowest BCUT2D eigenvalue weighted by Gasteiger charge is -2.33. The lowest BCUT2D eigenvalue weighted by atomic mass is 9.96. The third kappa shape index (κ3) is 5.15. The smallest absolute Gasteiger partial charge is 0.191 e. The van der Waals surface area contributed by atoms with Gasteiger partial charge in [-0.15, -0.1) is 0 Å². The zero-order valence-corrected chi connectivity index (χ0v) is 17.2. The summed E-state index contributed by atoms with van der Waals surface area (Å²) in [6, 6.07) is 18.1. The van der Waals surface area contributed by atoms with Gasteiger partial charge >= 0.3 is 0 Å². The van der Waals surface area contributed by atoms with E-state index in [0.29, 0.717) is 6.04 Å². The third-order valence-electron chi connectivity index (χ3n) is 6.31. The Morgan fingerprint density at radius 3 is 2.38 bits per heavy atom. The van der Waals surface area contributed by atoms with Crippen molar-refractivity contribution in [1.29, 1.82) is 0 Å². The van der Waals surface area contributed by atoms with Gasteiger partial charge in [0.25, 0.3) is 0 Å². The van der Waals surface area contributed by atoms with Gasteiger partial charge in [-0.1, -0.05) is 42.5 Å². The zero-order valence-electron chi connectivity index (χ0n) is 17.2. The molecule has 0 bridgehead atoms. The number of aliphatic imine (C=N–C) groups is 1. The Morgan fingerprint density at radius 2 is 1.76 bits per heavy atom. The summed E-state index contributed by atoms with van der Waals surface area (Å²) >= 11 is 0. The van der Waals surface area contributed by atoms with Crippen LogP contribution in [0.2, 0.25) is 0 Å². The minimum absolute atomic E-state index is 0.129. The molecule has 154 valence electrons. The molecule has 2 aromatic rings. The van der Waals surface area contributed by atoms with Crippen molar-refractivity contribution in [2.24, 2.45) is 4.99 Å². The number of nitrogens with zero attached hydrogens (tertiary/aromatic N) is 2.